The van der Waals surface area contributed by atoms with Gasteiger partial charge in [0.05, 0.1) is 0 Å². The molecule has 0 bridgehead atoms. The van der Waals surface area contributed by atoms with Crippen molar-refractivity contribution < 1.29 is 4.74 Å². The first kappa shape index (κ1) is 16.2. The van der Waals surface area contributed by atoms with Crippen LogP contribution in [0.1, 0.15) is 23.9 Å². The van der Waals surface area contributed by atoms with E-state index in [1.807, 2.05) is 18.2 Å². The van der Waals surface area contributed by atoms with Crippen LogP contribution in [0.3, 0.4) is 0 Å². The molecule has 114 valence electrons. The van der Waals surface area contributed by atoms with E-state index in [1.165, 1.54) is 0 Å². The zero-order valence-corrected chi connectivity index (χ0v) is 13.9. The number of benzene rings is 1. The Bertz CT molecular complexity index is 559. The molecular formula is C15H20ClN3OS. The van der Waals surface area contributed by atoms with Crippen LogP contribution >= 0.6 is 22.9 Å². The van der Waals surface area contributed by atoms with Crippen LogP contribution in [0.5, 0.6) is 5.75 Å². The summed E-state index contributed by atoms with van der Waals surface area (Å²) in [6, 6.07) is 7.36. The fraction of sp³-hybridized carbons (Fsp3) is 0.467. The molecule has 0 atom stereocenters. The van der Waals surface area contributed by atoms with Crippen molar-refractivity contribution in [3.8, 4) is 5.75 Å². The summed E-state index contributed by atoms with van der Waals surface area (Å²) in [6.45, 7) is 6.79. The van der Waals surface area contributed by atoms with Gasteiger partial charge in [0, 0.05) is 18.0 Å². The maximum absolute atomic E-state index is 5.91. The highest BCUT2D eigenvalue weighted by Crippen LogP contribution is 2.19. The molecule has 1 heterocycles. The van der Waals surface area contributed by atoms with Gasteiger partial charge < -0.3 is 10.1 Å². The number of nitrogens with zero attached hydrogens (tertiary/aromatic N) is 2. The molecule has 0 fully saturated rings. The molecule has 2 aromatic rings. The quantitative estimate of drug-likeness (QED) is 0.754. The number of ether oxygens (including phenoxy) is 1. The van der Waals surface area contributed by atoms with Crippen LogP contribution in [0.25, 0.3) is 0 Å². The van der Waals surface area contributed by atoms with E-state index in [0.29, 0.717) is 17.5 Å². The molecule has 0 amide bonds. The molecule has 1 aromatic carbocycles. The molecule has 4 nitrogen and oxygen atoms in total. The predicted molar refractivity (Wildman–Crippen MR) is 87.1 cm³/mol. The highest BCUT2D eigenvalue weighted by Gasteiger charge is 2.05. The third-order valence-corrected chi connectivity index (χ3v) is 3.93. The average Bonchev–Trinajstić information content (AvgIpc) is 2.89. The molecule has 0 unspecified atom stereocenters. The number of aromatic nitrogens is 2. The topological polar surface area (TPSA) is 47.0 Å². The van der Waals surface area contributed by atoms with Gasteiger partial charge in [-0.25, -0.2) is 0 Å². The number of halogens is 1. The van der Waals surface area contributed by atoms with Gasteiger partial charge in [-0.1, -0.05) is 42.9 Å². The van der Waals surface area contributed by atoms with Gasteiger partial charge in [0.2, 0.25) is 0 Å². The fourth-order valence-corrected chi connectivity index (χ4v) is 2.67. The second kappa shape index (κ2) is 8.32. The third-order valence-electron chi connectivity index (χ3n) is 2.74. The van der Waals surface area contributed by atoms with Crippen LogP contribution in [0.4, 0.5) is 0 Å². The molecule has 0 aliphatic heterocycles. The Balaban J connectivity index is 1.75. The Kier molecular flexibility index (Phi) is 6.42. The number of rotatable bonds is 8. The zero-order chi connectivity index (χ0) is 15.1. The third kappa shape index (κ3) is 5.99. The highest BCUT2D eigenvalue weighted by molar-refractivity contribution is 7.11. The average molecular weight is 326 g/mol. The lowest BCUT2D eigenvalue weighted by atomic mass is 10.2. The second-order valence-corrected chi connectivity index (χ2v) is 6.77. The summed E-state index contributed by atoms with van der Waals surface area (Å²) in [5.74, 6) is 1.42. The Hall–Kier alpha value is -1.17. The Morgan fingerprint density at radius 1 is 1.29 bits per heavy atom. The number of nitrogens with one attached hydrogen (secondary N) is 1. The predicted octanol–water partition coefficient (Wildman–Crippen LogP) is 3.56. The molecule has 1 N–H and O–H groups in total. The van der Waals surface area contributed by atoms with Gasteiger partial charge >= 0.3 is 0 Å². The number of hydrogen-bond acceptors (Lipinski definition) is 5. The van der Waals surface area contributed by atoms with E-state index in [1.54, 1.807) is 17.4 Å². The molecule has 0 aliphatic carbocycles. The van der Waals surface area contributed by atoms with Crippen LogP contribution in [0, 0.1) is 5.92 Å². The van der Waals surface area contributed by atoms with Gasteiger partial charge in [-0.2, -0.15) is 0 Å². The first-order valence-electron chi connectivity index (χ1n) is 7.04. The molecule has 21 heavy (non-hydrogen) atoms. The first-order chi connectivity index (χ1) is 10.1. The van der Waals surface area contributed by atoms with Gasteiger partial charge in [0.1, 0.15) is 17.4 Å². The van der Waals surface area contributed by atoms with E-state index >= 15 is 0 Å². The Labute approximate surface area is 134 Å². The second-order valence-electron chi connectivity index (χ2n) is 5.18. The molecule has 0 aliphatic rings. The van der Waals surface area contributed by atoms with Crippen molar-refractivity contribution in [1.82, 2.24) is 15.5 Å². The van der Waals surface area contributed by atoms with Crippen molar-refractivity contribution in [3.05, 3.63) is 39.3 Å². The molecular weight excluding hydrogens is 306 g/mol. The van der Waals surface area contributed by atoms with Crippen molar-refractivity contribution >= 4 is 22.9 Å². The van der Waals surface area contributed by atoms with Gasteiger partial charge in [-0.15, -0.1) is 10.2 Å². The lowest BCUT2D eigenvalue weighted by Crippen LogP contribution is -2.22. The molecule has 6 heteroatoms. The SMILES string of the molecule is CC(C)CNCCc1nnc(COc2cccc(Cl)c2)s1. The minimum Gasteiger partial charge on any atom is -0.486 e. The molecule has 0 spiro atoms. The summed E-state index contributed by atoms with van der Waals surface area (Å²) in [5, 5.41) is 14.3. The standard InChI is InChI=1S/C15H20ClN3OS/c1-11(2)9-17-7-6-14-18-19-15(21-14)10-20-13-5-3-4-12(16)8-13/h3-5,8,11,17H,6-7,9-10H2,1-2H3. The van der Waals surface area contributed by atoms with E-state index in [2.05, 4.69) is 29.4 Å². The summed E-state index contributed by atoms with van der Waals surface area (Å²) in [6.07, 6.45) is 0.904. The lowest BCUT2D eigenvalue weighted by Gasteiger charge is -2.05. The summed E-state index contributed by atoms with van der Waals surface area (Å²) in [5.41, 5.74) is 0. The summed E-state index contributed by atoms with van der Waals surface area (Å²) < 4.78 is 5.65. The van der Waals surface area contributed by atoms with Crippen LogP contribution in [0.2, 0.25) is 5.02 Å². The van der Waals surface area contributed by atoms with Gasteiger partial charge in [0.15, 0.2) is 5.01 Å². The maximum atomic E-state index is 5.91. The van der Waals surface area contributed by atoms with E-state index in [9.17, 15) is 0 Å². The maximum Gasteiger partial charge on any atom is 0.155 e. The summed E-state index contributed by atoms with van der Waals surface area (Å²) in [4.78, 5) is 0. The largest absolute Gasteiger partial charge is 0.486 e. The summed E-state index contributed by atoms with van der Waals surface area (Å²) in [7, 11) is 0. The smallest absolute Gasteiger partial charge is 0.155 e. The van der Waals surface area contributed by atoms with Crippen LogP contribution in [0.15, 0.2) is 24.3 Å². The van der Waals surface area contributed by atoms with E-state index in [0.717, 1.165) is 35.3 Å². The van der Waals surface area contributed by atoms with E-state index < -0.39 is 0 Å². The molecule has 0 saturated carbocycles. The van der Waals surface area contributed by atoms with Crippen molar-refractivity contribution in [3.63, 3.8) is 0 Å². The van der Waals surface area contributed by atoms with Crippen molar-refractivity contribution in [2.24, 2.45) is 5.92 Å². The summed E-state index contributed by atoms with van der Waals surface area (Å²) >= 11 is 7.51. The monoisotopic (exact) mass is 325 g/mol. The molecule has 0 saturated heterocycles. The van der Waals surface area contributed by atoms with Crippen molar-refractivity contribution in [1.29, 1.82) is 0 Å². The van der Waals surface area contributed by atoms with E-state index in [4.69, 9.17) is 16.3 Å². The van der Waals surface area contributed by atoms with Crippen molar-refractivity contribution in [2.45, 2.75) is 26.9 Å². The number of hydrogen-bond donors (Lipinski definition) is 1. The minimum atomic E-state index is 0.428. The molecule has 1 aromatic heterocycles. The van der Waals surface area contributed by atoms with Gasteiger partial charge in [0.25, 0.3) is 0 Å². The Morgan fingerprint density at radius 2 is 2.10 bits per heavy atom. The molecule has 2 rings (SSSR count). The lowest BCUT2D eigenvalue weighted by molar-refractivity contribution is 0.304. The highest BCUT2D eigenvalue weighted by atomic mass is 35.5. The van der Waals surface area contributed by atoms with Crippen molar-refractivity contribution in [2.75, 3.05) is 13.1 Å². The van der Waals surface area contributed by atoms with Crippen LogP contribution < -0.4 is 10.1 Å². The first-order valence-corrected chi connectivity index (χ1v) is 8.23. The minimum absolute atomic E-state index is 0.428. The Morgan fingerprint density at radius 3 is 2.86 bits per heavy atom. The van der Waals surface area contributed by atoms with E-state index in [-0.39, 0.29) is 0 Å². The van der Waals surface area contributed by atoms with Gasteiger partial charge in [-0.3, -0.25) is 0 Å². The normalized spacial score (nSPS) is 11.0. The zero-order valence-electron chi connectivity index (χ0n) is 12.3. The van der Waals surface area contributed by atoms with Crippen LogP contribution in [-0.4, -0.2) is 23.3 Å². The van der Waals surface area contributed by atoms with Crippen LogP contribution in [-0.2, 0) is 13.0 Å². The fourth-order valence-electron chi connectivity index (χ4n) is 1.74. The molecule has 0 radical (unpaired) electrons. The van der Waals surface area contributed by atoms with Gasteiger partial charge in [-0.05, 0) is 30.7 Å².